The summed E-state index contributed by atoms with van der Waals surface area (Å²) in [5.41, 5.74) is -1.37. The normalized spacial score (nSPS) is 14.5. The fourth-order valence-corrected chi connectivity index (χ4v) is 3.72. The first-order chi connectivity index (χ1) is 13.3. The first-order valence-electron chi connectivity index (χ1n) is 8.73. The number of aliphatic hydroxyl groups excluding tert-OH is 1. The maximum absolute atomic E-state index is 12.9. The number of fused-ring (bicyclic) bond motifs is 4. The molecule has 0 aliphatic carbocycles. The number of nitrogens with zero attached hydrogens (tertiary/aromatic N) is 2. The molecule has 8 heteroatoms. The lowest BCUT2D eigenvalue weighted by atomic mass is 9.87. The minimum absolute atomic E-state index is 0.159. The van der Waals surface area contributed by atoms with E-state index in [1.54, 1.807) is 12.1 Å². The van der Waals surface area contributed by atoms with E-state index in [1.807, 2.05) is 0 Å². The molecule has 0 radical (unpaired) electrons. The largest absolute Gasteiger partial charge is 0.872 e. The van der Waals surface area contributed by atoms with Crippen LogP contribution < -0.4 is 15.8 Å². The number of pyridine rings is 2. The zero-order chi connectivity index (χ0) is 20.2. The van der Waals surface area contributed by atoms with Crippen LogP contribution in [0.3, 0.4) is 0 Å². The van der Waals surface area contributed by atoms with Gasteiger partial charge in [-0.2, -0.15) is 0 Å². The smallest absolute Gasteiger partial charge is 0.257 e. The molecule has 1 unspecified atom stereocenters. The highest BCUT2D eigenvalue weighted by Gasteiger charge is 2.35. The molecular formula is C20H16N2O6-2. The Morgan fingerprint density at radius 1 is 1.32 bits per heavy atom. The fourth-order valence-electron chi connectivity index (χ4n) is 3.72. The van der Waals surface area contributed by atoms with E-state index in [-0.39, 0.29) is 29.8 Å². The van der Waals surface area contributed by atoms with Crippen LogP contribution in [0.2, 0.25) is 0 Å². The number of hydrogen-bond acceptors (Lipinski definition) is 7. The first kappa shape index (κ1) is 18.1. The van der Waals surface area contributed by atoms with Gasteiger partial charge in [0.25, 0.3) is 5.56 Å². The summed E-state index contributed by atoms with van der Waals surface area (Å²) in [7, 11) is 0. The van der Waals surface area contributed by atoms with Gasteiger partial charge in [-0.1, -0.05) is 19.1 Å². The molecule has 28 heavy (non-hydrogen) atoms. The van der Waals surface area contributed by atoms with Gasteiger partial charge >= 0.3 is 0 Å². The predicted molar refractivity (Wildman–Crippen MR) is 95.1 cm³/mol. The van der Waals surface area contributed by atoms with E-state index in [1.165, 1.54) is 29.7 Å². The molecule has 144 valence electrons. The Morgan fingerprint density at radius 3 is 2.71 bits per heavy atom. The molecule has 3 aromatic rings. The highest BCUT2D eigenvalue weighted by atomic mass is 16.4. The molecule has 0 saturated heterocycles. The van der Waals surface area contributed by atoms with Gasteiger partial charge < -0.3 is 29.8 Å². The van der Waals surface area contributed by atoms with E-state index in [0.717, 1.165) is 0 Å². The molecule has 0 bridgehead atoms. The van der Waals surface area contributed by atoms with Gasteiger partial charge in [0.1, 0.15) is 5.60 Å². The number of hydrogen-bond donors (Lipinski definition) is 2. The van der Waals surface area contributed by atoms with Crippen LogP contribution in [0.5, 0.6) is 5.75 Å². The average molecular weight is 380 g/mol. The van der Waals surface area contributed by atoms with Gasteiger partial charge in [-0.05, 0) is 30.0 Å². The molecule has 0 saturated carbocycles. The zero-order valence-corrected chi connectivity index (χ0v) is 14.9. The van der Waals surface area contributed by atoms with E-state index >= 15 is 0 Å². The first-order valence-corrected chi connectivity index (χ1v) is 8.73. The van der Waals surface area contributed by atoms with E-state index < -0.39 is 23.7 Å². The number of aliphatic carboxylic acids is 1. The molecule has 0 amide bonds. The Hall–Kier alpha value is -3.23. The number of benzene rings is 1. The summed E-state index contributed by atoms with van der Waals surface area (Å²) in [6, 6.07) is 7.54. The van der Waals surface area contributed by atoms with Gasteiger partial charge in [-0.25, -0.2) is 4.98 Å². The fraction of sp³-hybridized carbons (Fsp3) is 0.250. The molecule has 2 aromatic heterocycles. The molecule has 2 N–H and O–H groups in total. The number of rotatable bonds is 4. The lowest BCUT2D eigenvalue weighted by Crippen LogP contribution is -2.47. The second kappa shape index (κ2) is 6.15. The zero-order valence-electron chi connectivity index (χ0n) is 14.9. The quantitative estimate of drug-likeness (QED) is 0.479. The molecule has 3 heterocycles. The van der Waals surface area contributed by atoms with Crippen molar-refractivity contribution in [2.75, 3.05) is 0 Å². The molecular weight excluding hydrogens is 364 g/mol. The third-order valence-corrected chi connectivity index (χ3v) is 5.29. The van der Waals surface area contributed by atoms with Crippen molar-refractivity contribution < 1.29 is 25.2 Å². The number of carboxylic acids is 1. The standard InChI is InChI=1S/C20H18N2O6/c1-2-20(28,19(26)27)14-7-16-17-11(8-22(16)18(25)13(14)9-23)5-10-6-12(24)3-4-15(10)21-17/h3-7,23-24,28H,2,8-9H2,1H3,(H,26,27)/p-2. The summed E-state index contributed by atoms with van der Waals surface area (Å²) in [5.74, 6) is -1.91. The third kappa shape index (κ3) is 2.42. The van der Waals surface area contributed by atoms with Gasteiger partial charge in [0.05, 0.1) is 36.0 Å². The van der Waals surface area contributed by atoms with E-state index in [2.05, 4.69) is 4.98 Å². The van der Waals surface area contributed by atoms with E-state index in [4.69, 9.17) is 0 Å². The van der Waals surface area contributed by atoms with Gasteiger partial charge in [0.2, 0.25) is 0 Å². The van der Waals surface area contributed by atoms with Crippen molar-refractivity contribution in [3.05, 3.63) is 57.4 Å². The SMILES string of the molecule is CCC(O)(C(=O)[O-])c1cc2n(c(=O)c1CO)Cc1cc3cc([O-])ccc3nc1-2. The van der Waals surface area contributed by atoms with E-state index in [9.17, 15) is 30.0 Å². The van der Waals surface area contributed by atoms with Crippen molar-refractivity contribution in [2.24, 2.45) is 0 Å². The number of aromatic nitrogens is 2. The maximum Gasteiger partial charge on any atom is 0.257 e. The Morgan fingerprint density at radius 2 is 2.07 bits per heavy atom. The van der Waals surface area contributed by atoms with Gasteiger partial charge in [-0.3, -0.25) is 4.79 Å². The molecule has 8 nitrogen and oxygen atoms in total. The Kier molecular flexibility index (Phi) is 3.99. The monoisotopic (exact) mass is 380 g/mol. The van der Waals surface area contributed by atoms with Crippen LogP contribution in [-0.2, 0) is 23.5 Å². The van der Waals surface area contributed by atoms with Crippen molar-refractivity contribution in [2.45, 2.75) is 32.1 Å². The molecule has 4 rings (SSSR count). The summed E-state index contributed by atoms with van der Waals surface area (Å²) in [6.45, 7) is 0.885. The van der Waals surface area contributed by atoms with Gasteiger partial charge in [0.15, 0.2) is 0 Å². The van der Waals surface area contributed by atoms with Crippen molar-refractivity contribution in [3.63, 3.8) is 0 Å². The van der Waals surface area contributed by atoms with Crippen molar-refractivity contribution in [1.29, 1.82) is 0 Å². The topological polar surface area (TPSA) is 139 Å². The molecule has 0 fully saturated rings. The molecule has 1 aliphatic rings. The predicted octanol–water partition coefficient (Wildman–Crippen LogP) is -0.661. The maximum atomic E-state index is 12.9. The summed E-state index contributed by atoms with van der Waals surface area (Å²) in [4.78, 5) is 29.0. The van der Waals surface area contributed by atoms with Crippen LogP contribution in [0.15, 0.2) is 35.1 Å². The van der Waals surface area contributed by atoms with E-state index in [0.29, 0.717) is 27.9 Å². The molecule has 1 atom stereocenters. The van der Waals surface area contributed by atoms with Crippen LogP contribution in [0.25, 0.3) is 22.3 Å². The highest BCUT2D eigenvalue weighted by Crippen LogP contribution is 2.36. The second-order valence-corrected chi connectivity index (χ2v) is 6.82. The summed E-state index contributed by atoms with van der Waals surface area (Å²) >= 11 is 0. The van der Waals surface area contributed by atoms with Crippen LogP contribution in [0.4, 0.5) is 0 Å². The van der Waals surface area contributed by atoms with Gasteiger partial charge in [0, 0.05) is 16.7 Å². The molecule has 1 aromatic carbocycles. The number of aliphatic hydroxyl groups is 2. The van der Waals surface area contributed by atoms with Crippen molar-refractivity contribution in [1.82, 2.24) is 9.55 Å². The third-order valence-electron chi connectivity index (χ3n) is 5.29. The minimum Gasteiger partial charge on any atom is -0.872 e. The van der Waals surface area contributed by atoms with Gasteiger partial charge in [-0.15, -0.1) is 5.75 Å². The lowest BCUT2D eigenvalue weighted by Gasteiger charge is -2.30. The average Bonchev–Trinajstić information content (AvgIpc) is 3.03. The summed E-state index contributed by atoms with van der Waals surface area (Å²) in [5, 5.41) is 44.1. The van der Waals surface area contributed by atoms with Crippen LogP contribution in [0.1, 0.15) is 30.0 Å². The van der Waals surface area contributed by atoms with Crippen LogP contribution in [0, 0.1) is 0 Å². The summed E-state index contributed by atoms with van der Waals surface area (Å²) < 4.78 is 1.37. The molecule has 1 aliphatic heterocycles. The second-order valence-electron chi connectivity index (χ2n) is 6.82. The number of carboxylic acid groups (broad SMARTS) is 1. The van der Waals surface area contributed by atoms with Crippen molar-refractivity contribution >= 4 is 16.9 Å². The Labute approximate surface area is 159 Å². The Balaban J connectivity index is 2.02. The number of carbonyl (C=O) groups excluding carboxylic acids is 1. The minimum atomic E-state index is -2.41. The molecule has 0 spiro atoms. The Bertz CT molecular complexity index is 1200. The lowest BCUT2D eigenvalue weighted by molar-refractivity contribution is -0.326. The van der Waals surface area contributed by atoms with Crippen molar-refractivity contribution in [3.8, 4) is 17.1 Å². The number of carbonyl (C=O) groups is 1. The van der Waals surface area contributed by atoms with Crippen LogP contribution >= 0.6 is 0 Å². The summed E-state index contributed by atoms with van der Waals surface area (Å²) in [6.07, 6.45) is -0.241. The van der Waals surface area contributed by atoms with Crippen LogP contribution in [-0.4, -0.2) is 25.7 Å². The highest BCUT2D eigenvalue weighted by molar-refractivity contribution is 5.85.